The van der Waals surface area contributed by atoms with Crippen LogP contribution < -0.4 is 0 Å². The van der Waals surface area contributed by atoms with Gasteiger partial charge in [0, 0.05) is 5.41 Å². The van der Waals surface area contributed by atoms with Crippen molar-refractivity contribution in [1.29, 1.82) is 0 Å². The fraction of sp³-hybridized carbons (Fsp3) is 0.897. The number of aliphatic hydroxyl groups excluding tert-OH is 3. The first kappa shape index (κ1) is 37.2. The number of hydrogen-bond acceptors (Lipinski definition) is 9. The summed E-state index contributed by atoms with van der Waals surface area (Å²) < 4.78 is 12.0. The van der Waals surface area contributed by atoms with Gasteiger partial charge in [-0.05, 0) is 124 Å². The molecule has 10 heteroatoms. The maximum absolute atomic E-state index is 13.5. The Morgan fingerprint density at radius 2 is 1.55 bits per heavy atom. The Balaban J connectivity index is 1.19. The molecule has 0 aromatic rings. The van der Waals surface area contributed by atoms with Crippen LogP contribution in [0, 0.1) is 56.7 Å². The summed E-state index contributed by atoms with van der Waals surface area (Å²) in [7, 11) is 1.37. The SMILES string of the molecule is C=C(C)[C@@H]1CC[C@]2(C(=O)O)CC[C@]3(C)[C@H](CC[C@@H]4[C@@]5(C)CC[C@H](OC(=O)CN(OC)[C@H]6O[C@@H](C)[C@@H](O)[C@@H](O)[C@@H]6O)C(C)(C)[C@@H]5CC[C@]43C)[C@@H]12. The van der Waals surface area contributed by atoms with Gasteiger partial charge in [0.2, 0.25) is 0 Å². The van der Waals surface area contributed by atoms with Crippen LogP contribution in [-0.4, -0.2) is 87.8 Å². The standard InChI is InChI=1S/C39H63NO9/c1-21(2)23-12-17-39(34(45)46)19-18-37(7)24(29(23)39)10-11-26-36(6)15-14-27(35(4,5)25(36)13-16-38(26,37)8)49-28(41)20-40(47-9)33-32(44)31(43)30(42)22(3)48-33/h22-27,29-33,42-44H,1,10-20H2,2-9H3,(H,45,46)/t22-,23-,24+,25-,26+,27-,29+,30+,31+,32-,33-,36-,37+,38+,39-/m0/s1. The van der Waals surface area contributed by atoms with Crippen LogP contribution in [0.2, 0.25) is 0 Å². The number of carboxylic acids is 1. The number of carbonyl (C=O) groups is 2. The van der Waals surface area contributed by atoms with Gasteiger partial charge in [-0.3, -0.25) is 14.4 Å². The lowest BCUT2D eigenvalue weighted by atomic mass is 9.32. The molecule has 0 bridgehead atoms. The van der Waals surface area contributed by atoms with Crippen LogP contribution in [0.25, 0.3) is 0 Å². The fourth-order valence-electron chi connectivity index (χ4n) is 13.5. The Bertz CT molecular complexity index is 1320. The predicted molar refractivity (Wildman–Crippen MR) is 183 cm³/mol. The molecule has 5 saturated carbocycles. The first-order valence-corrected chi connectivity index (χ1v) is 18.9. The number of fused-ring (bicyclic) bond motifs is 7. The highest BCUT2D eigenvalue weighted by Gasteiger charge is 2.72. The van der Waals surface area contributed by atoms with E-state index in [-0.39, 0.29) is 46.1 Å². The number of hydroxylamine groups is 2. The molecule has 0 aromatic carbocycles. The lowest BCUT2D eigenvalue weighted by molar-refractivity contribution is -0.321. The number of nitrogens with zero attached hydrogens (tertiary/aromatic N) is 1. The maximum Gasteiger partial charge on any atom is 0.323 e. The van der Waals surface area contributed by atoms with E-state index in [2.05, 4.69) is 48.1 Å². The van der Waals surface area contributed by atoms with E-state index in [0.717, 1.165) is 69.8 Å². The van der Waals surface area contributed by atoms with Crippen molar-refractivity contribution in [2.24, 2.45) is 56.7 Å². The highest BCUT2D eigenvalue weighted by molar-refractivity contribution is 5.76. The molecule has 49 heavy (non-hydrogen) atoms. The third-order valence-electron chi connectivity index (χ3n) is 16.3. The Morgan fingerprint density at radius 3 is 2.18 bits per heavy atom. The zero-order valence-corrected chi connectivity index (χ0v) is 31.1. The minimum absolute atomic E-state index is 0.0511. The predicted octanol–water partition coefficient (Wildman–Crippen LogP) is 5.33. The van der Waals surface area contributed by atoms with Gasteiger partial charge in [-0.2, -0.15) is 0 Å². The summed E-state index contributed by atoms with van der Waals surface area (Å²) in [5, 5.41) is 42.9. The molecule has 1 heterocycles. The first-order chi connectivity index (χ1) is 22.8. The van der Waals surface area contributed by atoms with Crippen molar-refractivity contribution in [2.75, 3.05) is 13.7 Å². The van der Waals surface area contributed by atoms with Gasteiger partial charge in [0.05, 0.1) is 18.6 Å². The van der Waals surface area contributed by atoms with Crippen LogP contribution in [0.3, 0.4) is 0 Å². The maximum atomic E-state index is 13.5. The third kappa shape index (κ3) is 5.31. The summed E-state index contributed by atoms with van der Waals surface area (Å²) in [4.78, 5) is 31.9. The van der Waals surface area contributed by atoms with Crippen LogP contribution >= 0.6 is 0 Å². The van der Waals surface area contributed by atoms with Gasteiger partial charge >= 0.3 is 11.9 Å². The number of carbonyl (C=O) groups excluding carboxylic acids is 1. The number of esters is 1. The van der Waals surface area contributed by atoms with Crippen molar-refractivity contribution >= 4 is 11.9 Å². The second-order valence-corrected chi connectivity index (χ2v) is 18.4. The van der Waals surface area contributed by atoms with E-state index >= 15 is 0 Å². The molecule has 6 fully saturated rings. The number of carboxylic acid groups (broad SMARTS) is 1. The summed E-state index contributed by atoms with van der Waals surface area (Å²) in [5.41, 5.74) is 0.441. The summed E-state index contributed by atoms with van der Waals surface area (Å²) in [6.45, 7) is 19.8. The number of allylic oxidation sites excluding steroid dienone is 1. The Hall–Kier alpha value is -1.56. The van der Waals surface area contributed by atoms with Gasteiger partial charge in [-0.25, -0.2) is 0 Å². The molecule has 0 amide bonds. The third-order valence-corrected chi connectivity index (χ3v) is 16.3. The van der Waals surface area contributed by atoms with Crippen LogP contribution in [0.4, 0.5) is 0 Å². The van der Waals surface area contributed by atoms with Crippen molar-refractivity contribution in [3.8, 4) is 0 Å². The molecule has 0 unspecified atom stereocenters. The molecule has 1 aliphatic heterocycles. The van der Waals surface area contributed by atoms with Crippen LogP contribution in [-0.2, 0) is 23.9 Å². The molecule has 278 valence electrons. The first-order valence-electron chi connectivity index (χ1n) is 18.9. The molecule has 0 spiro atoms. The minimum atomic E-state index is -1.47. The Kier molecular flexibility index (Phi) is 9.52. The van der Waals surface area contributed by atoms with E-state index in [9.17, 15) is 30.0 Å². The van der Waals surface area contributed by atoms with Crippen LogP contribution in [0.15, 0.2) is 12.2 Å². The molecular weight excluding hydrogens is 626 g/mol. The van der Waals surface area contributed by atoms with Gasteiger partial charge in [-0.15, -0.1) is 5.06 Å². The van der Waals surface area contributed by atoms with Crippen molar-refractivity contribution in [1.82, 2.24) is 5.06 Å². The van der Waals surface area contributed by atoms with Crippen LogP contribution in [0.5, 0.6) is 0 Å². The van der Waals surface area contributed by atoms with E-state index in [1.165, 1.54) is 12.2 Å². The van der Waals surface area contributed by atoms with Gasteiger partial charge in [0.15, 0.2) is 6.23 Å². The van der Waals surface area contributed by atoms with Crippen LogP contribution in [0.1, 0.15) is 113 Å². The average Bonchev–Trinajstić information content (AvgIpc) is 3.44. The van der Waals surface area contributed by atoms with E-state index in [1.807, 2.05) is 0 Å². The van der Waals surface area contributed by atoms with E-state index < -0.39 is 48.0 Å². The second kappa shape index (κ2) is 12.5. The zero-order valence-electron chi connectivity index (χ0n) is 31.1. The topological polar surface area (TPSA) is 146 Å². The van der Waals surface area contributed by atoms with E-state index in [0.29, 0.717) is 17.8 Å². The number of ether oxygens (including phenoxy) is 2. The van der Waals surface area contributed by atoms with E-state index in [1.54, 1.807) is 6.92 Å². The van der Waals surface area contributed by atoms with Crippen molar-refractivity contribution < 1.29 is 44.3 Å². The number of aliphatic hydroxyl groups is 3. The average molecular weight is 690 g/mol. The Morgan fingerprint density at radius 1 is 0.857 bits per heavy atom. The summed E-state index contributed by atoms with van der Waals surface area (Å²) in [6.07, 6.45) is 3.06. The monoisotopic (exact) mass is 689 g/mol. The zero-order chi connectivity index (χ0) is 36.1. The lowest BCUT2D eigenvalue weighted by Gasteiger charge is -2.72. The number of hydrogen-bond donors (Lipinski definition) is 4. The minimum Gasteiger partial charge on any atom is -0.481 e. The number of rotatable bonds is 7. The Labute approximate surface area is 292 Å². The highest BCUT2D eigenvalue weighted by Crippen LogP contribution is 2.77. The van der Waals surface area contributed by atoms with Gasteiger partial charge in [-0.1, -0.05) is 46.8 Å². The van der Waals surface area contributed by atoms with Crippen molar-refractivity contribution in [2.45, 2.75) is 149 Å². The summed E-state index contributed by atoms with van der Waals surface area (Å²) in [5.74, 6) is 0.558. The highest BCUT2D eigenvalue weighted by atomic mass is 16.7. The molecule has 4 N–H and O–H groups in total. The molecule has 5 aliphatic carbocycles. The molecule has 6 aliphatic rings. The summed E-state index contributed by atoms with van der Waals surface area (Å²) >= 11 is 0. The van der Waals surface area contributed by atoms with Gasteiger partial charge in [0.25, 0.3) is 0 Å². The fourth-order valence-corrected chi connectivity index (χ4v) is 13.5. The summed E-state index contributed by atoms with van der Waals surface area (Å²) in [6, 6.07) is 0. The largest absolute Gasteiger partial charge is 0.481 e. The molecule has 6 rings (SSSR count). The second-order valence-electron chi connectivity index (χ2n) is 18.4. The van der Waals surface area contributed by atoms with Crippen molar-refractivity contribution in [3.63, 3.8) is 0 Å². The lowest BCUT2D eigenvalue weighted by Crippen LogP contribution is -2.67. The number of aliphatic carboxylic acids is 1. The van der Waals surface area contributed by atoms with Crippen molar-refractivity contribution in [3.05, 3.63) is 12.2 Å². The van der Waals surface area contributed by atoms with Gasteiger partial charge < -0.3 is 29.9 Å². The molecule has 0 radical (unpaired) electrons. The smallest absolute Gasteiger partial charge is 0.323 e. The van der Waals surface area contributed by atoms with E-state index in [4.69, 9.17) is 14.3 Å². The molecule has 0 aromatic heterocycles. The molecular formula is C39H63NO9. The quantitative estimate of drug-likeness (QED) is 0.157. The molecule has 1 saturated heterocycles. The van der Waals surface area contributed by atoms with Gasteiger partial charge in [0.1, 0.15) is 31.0 Å². The normalized spacial score (nSPS) is 50.4. The molecule has 10 nitrogen and oxygen atoms in total. The molecule has 15 atom stereocenters.